The number of likely N-dealkylation sites (tertiary alicyclic amines) is 1. The average molecular weight is 262 g/mol. The second-order valence-corrected chi connectivity index (χ2v) is 6.84. The average Bonchev–Trinajstić information content (AvgIpc) is 3.12. The third kappa shape index (κ3) is 2.37. The van der Waals surface area contributed by atoms with Gasteiger partial charge in [-0.3, -0.25) is 4.90 Å². The molecule has 106 valence electrons. The standard InChI is InChI=1S/C16H26N2O/c1(4-17-6-8-19-9-7-17)5-18-11-15-13-2-3-14(10-13)16(15)12-18/h2-3,13-16H,1,4-12H2/t13-,14-,15-,16+/m0/s1. The molecule has 1 saturated carbocycles. The lowest BCUT2D eigenvalue weighted by atomic mass is 9.86. The van der Waals surface area contributed by atoms with Crippen molar-refractivity contribution in [2.45, 2.75) is 12.8 Å². The molecule has 4 atom stereocenters. The number of hydrogen-bond acceptors (Lipinski definition) is 3. The molecule has 4 rings (SSSR count). The third-order valence-corrected chi connectivity index (χ3v) is 5.79. The van der Waals surface area contributed by atoms with Crippen LogP contribution in [0.2, 0.25) is 0 Å². The van der Waals surface area contributed by atoms with Gasteiger partial charge in [0.25, 0.3) is 0 Å². The summed E-state index contributed by atoms with van der Waals surface area (Å²) >= 11 is 0. The highest BCUT2D eigenvalue weighted by Gasteiger charge is 2.48. The van der Waals surface area contributed by atoms with E-state index in [0.717, 1.165) is 50.0 Å². The van der Waals surface area contributed by atoms with Crippen LogP contribution in [0.1, 0.15) is 12.8 Å². The summed E-state index contributed by atoms with van der Waals surface area (Å²) in [6.07, 6.45) is 7.81. The normalized spacial score (nSPS) is 42.1. The Hall–Kier alpha value is -0.380. The lowest BCUT2D eigenvalue weighted by molar-refractivity contribution is 0.0363. The van der Waals surface area contributed by atoms with Crippen LogP contribution in [0.15, 0.2) is 12.2 Å². The van der Waals surface area contributed by atoms with Gasteiger partial charge in [0.1, 0.15) is 0 Å². The summed E-state index contributed by atoms with van der Waals surface area (Å²) in [7, 11) is 0. The van der Waals surface area contributed by atoms with Gasteiger partial charge >= 0.3 is 0 Å². The highest BCUT2D eigenvalue weighted by Crippen LogP contribution is 2.51. The van der Waals surface area contributed by atoms with Crippen molar-refractivity contribution >= 4 is 0 Å². The summed E-state index contributed by atoms with van der Waals surface area (Å²) in [4.78, 5) is 5.30. The lowest BCUT2D eigenvalue weighted by Crippen LogP contribution is -2.38. The monoisotopic (exact) mass is 262 g/mol. The summed E-state index contributed by atoms with van der Waals surface area (Å²) in [5, 5.41) is 0. The smallest absolute Gasteiger partial charge is 0.0594 e. The van der Waals surface area contributed by atoms with Gasteiger partial charge in [-0.15, -0.1) is 0 Å². The topological polar surface area (TPSA) is 15.7 Å². The van der Waals surface area contributed by atoms with Crippen molar-refractivity contribution in [2.75, 3.05) is 52.5 Å². The van der Waals surface area contributed by atoms with Crippen LogP contribution in [0, 0.1) is 23.7 Å². The van der Waals surface area contributed by atoms with Gasteiger partial charge in [0.15, 0.2) is 0 Å². The summed E-state index contributed by atoms with van der Waals surface area (Å²) < 4.78 is 5.40. The summed E-state index contributed by atoms with van der Waals surface area (Å²) in [6, 6.07) is 0. The zero-order valence-corrected chi connectivity index (χ0v) is 11.8. The van der Waals surface area contributed by atoms with Gasteiger partial charge in [-0.25, -0.2) is 0 Å². The van der Waals surface area contributed by atoms with E-state index >= 15 is 0 Å². The van der Waals surface area contributed by atoms with Crippen molar-refractivity contribution in [1.82, 2.24) is 9.80 Å². The number of fused-ring (bicyclic) bond motifs is 5. The van der Waals surface area contributed by atoms with Crippen LogP contribution < -0.4 is 0 Å². The molecule has 4 aliphatic rings. The van der Waals surface area contributed by atoms with Crippen LogP contribution in [0.4, 0.5) is 0 Å². The highest BCUT2D eigenvalue weighted by atomic mass is 16.5. The van der Waals surface area contributed by atoms with E-state index in [2.05, 4.69) is 22.0 Å². The maximum atomic E-state index is 5.40. The van der Waals surface area contributed by atoms with Crippen molar-refractivity contribution in [3.63, 3.8) is 0 Å². The molecule has 2 saturated heterocycles. The molecule has 19 heavy (non-hydrogen) atoms. The molecule has 0 aromatic carbocycles. The molecule has 3 fully saturated rings. The predicted molar refractivity (Wildman–Crippen MR) is 76.0 cm³/mol. The molecule has 0 aromatic rings. The number of morpholine rings is 1. The van der Waals surface area contributed by atoms with Crippen LogP contribution in [0.5, 0.6) is 0 Å². The third-order valence-electron chi connectivity index (χ3n) is 5.79. The number of hydrogen-bond donors (Lipinski definition) is 0. The fraction of sp³-hybridized carbons (Fsp3) is 0.875. The molecule has 2 aliphatic carbocycles. The second kappa shape index (κ2) is 5.19. The van der Waals surface area contributed by atoms with Gasteiger partial charge in [0.2, 0.25) is 0 Å². The van der Waals surface area contributed by atoms with E-state index in [1.54, 1.807) is 0 Å². The number of ether oxygens (including phenoxy) is 1. The number of nitrogens with zero attached hydrogens (tertiary/aromatic N) is 2. The Morgan fingerprint density at radius 1 is 0.895 bits per heavy atom. The van der Waals surface area contributed by atoms with Crippen molar-refractivity contribution in [3.05, 3.63) is 12.2 Å². The summed E-state index contributed by atoms with van der Waals surface area (Å²) in [5.41, 5.74) is 0. The van der Waals surface area contributed by atoms with E-state index in [0.29, 0.717) is 0 Å². The highest BCUT2D eigenvalue weighted by molar-refractivity contribution is 5.16. The van der Waals surface area contributed by atoms with Gasteiger partial charge in [-0.2, -0.15) is 0 Å². The summed E-state index contributed by atoms with van der Waals surface area (Å²) in [5.74, 6) is 3.86. The maximum absolute atomic E-state index is 5.40. The van der Waals surface area contributed by atoms with Gasteiger partial charge in [0, 0.05) is 26.2 Å². The van der Waals surface area contributed by atoms with E-state index in [1.807, 2.05) is 0 Å². The van der Waals surface area contributed by atoms with E-state index < -0.39 is 0 Å². The first-order valence-electron chi connectivity index (χ1n) is 8.11. The van der Waals surface area contributed by atoms with Crippen LogP contribution in [-0.2, 0) is 4.74 Å². The largest absolute Gasteiger partial charge is 0.379 e. The first-order chi connectivity index (χ1) is 9.40. The summed E-state index contributed by atoms with van der Waals surface area (Å²) in [6.45, 7) is 9.47. The molecule has 2 aliphatic heterocycles. The zero-order valence-electron chi connectivity index (χ0n) is 11.8. The minimum atomic E-state index is 0.930. The molecule has 0 radical (unpaired) electrons. The van der Waals surface area contributed by atoms with Crippen LogP contribution in [-0.4, -0.2) is 62.3 Å². The molecule has 0 unspecified atom stereocenters. The molecule has 0 aromatic heterocycles. The Morgan fingerprint density at radius 2 is 1.53 bits per heavy atom. The molecule has 0 spiro atoms. The van der Waals surface area contributed by atoms with Crippen molar-refractivity contribution < 1.29 is 4.74 Å². The van der Waals surface area contributed by atoms with Gasteiger partial charge in [-0.1, -0.05) is 12.2 Å². The molecule has 0 N–H and O–H groups in total. The first-order valence-corrected chi connectivity index (χ1v) is 8.11. The SMILES string of the molecule is C1=C[C@H]2C[C@H]1[C@@H]1CN(CCCN3CCOCC3)C[C@@H]12. The van der Waals surface area contributed by atoms with Gasteiger partial charge in [-0.05, 0) is 49.6 Å². The van der Waals surface area contributed by atoms with Gasteiger partial charge in [0.05, 0.1) is 13.2 Å². The van der Waals surface area contributed by atoms with Crippen molar-refractivity contribution in [3.8, 4) is 0 Å². The molecule has 3 nitrogen and oxygen atoms in total. The van der Waals surface area contributed by atoms with E-state index in [9.17, 15) is 0 Å². The molecule has 2 bridgehead atoms. The molecular formula is C16H26N2O. The van der Waals surface area contributed by atoms with E-state index in [-0.39, 0.29) is 0 Å². The van der Waals surface area contributed by atoms with Crippen molar-refractivity contribution in [1.29, 1.82) is 0 Å². The predicted octanol–water partition coefficient (Wildman–Crippen LogP) is 1.46. The Kier molecular flexibility index (Phi) is 3.38. The Bertz CT molecular complexity index is 331. The molecule has 3 heteroatoms. The maximum Gasteiger partial charge on any atom is 0.0594 e. The minimum Gasteiger partial charge on any atom is -0.379 e. The fourth-order valence-corrected chi connectivity index (χ4v) is 4.76. The Balaban J connectivity index is 1.21. The quantitative estimate of drug-likeness (QED) is 0.714. The minimum absolute atomic E-state index is 0.930. The van der Waals surface area contributed by atoms with Crippen LogP contribution in [0.25, 0.3) is 0 Å². The lowest BCUT2D eigenvalue weighted by Gasteiger charge is -2.27. The second-order valence-electron chi connectivity index (χ2n) is 6.84. The zero-order chi connectivity index (χ0) is 12.7. The van der Waals surface area contributed by atoms with Crippen molar-refractivity contribution in [2.24, 2.45) is 23.7 Å². The van der Waals surface area contributed by atoms with Crippen LogP contribution in [0.3, 0.4) is 0 Å². The first kappa shape index (κ1) is 12.4. The van der Waals surface area contributed by atoms with Gasteiger partial charge < -0.3 is 9.64 Å². The molecular weight excluding hydrogens is 236 g/mol. The molecule has 2 heterocycles. The Labute approximate surface area is 116 Å². The van der Waals surface area contributed by atoms with E-state index in [4.69, 9.17) is 4.74 Å². The van der Waals surface area contributed by atoms with E-state index in [1.165, 1.54) is 39.0 Å². The fourth-order valence-electron chi connectivity index (χ4n) is 4.76. The Morgan fingerprint density at radius 3 is 2.21 bits per heavy atom. The molecule has 0 amide bonds. The number of allylic oxidation sites excluding steroid dienone is 2. The van der Waals surface area contributed by atoms with Crippen LogP contribution >= 0.6 is 0 Å². The number of rotatable bonds is 4.